The van der Waals surface area contributed by atoms with Gasteiger partial charge in [0.15, 0.2) is 16.7 Å². The Morgan fingerprint density at radius 3 is 1.84 bits per heavy atom. The molecule has 5 atom stereocenters. The summed E-state index contributed by atoms with van der Waals surface area (Å²) < 4.78 is 116. The first-order chi connectivity index (χ1) is 34.7. The molecule has 73 heavy (non-hydrogen) atoms. The van der Waals surface area contributed by atoms with Gasteiger partial charge in [0.05, 0.1) is 33.1 Å². The summed E-state index contributed by atoms with van der Waals surface area (Å²) in [7, 11) is -9.38. The maximum atomic E-state index is 14.4. The largest absolute Gasteiger partial charge is 0.493 e. The third-order valence-electron chi connectivity index (χ3n) is 14.1. The van der Waals surface area contributed by atoms with E-state index in [1.807, 2.05) is 24.3 Å². The smallest absolute Gasteiger partial charge is 0.279 e. The molecule has 3 amide bonds. The Balaban J connectivity index is 1.04. The fraction of sp³-hybridized carbons (Fsp3) is 0.365. The third-order valence-corrected chi connectivity index (χ3v) is 18.3. The molecule has 386 valence electrons. The van der Waals surface area contributed by atoms with Gasteiger partial charge in [0, 0.05) is 40.1 Å². The van der Waals surface area contributed by atoms with Crippen molar-refractivity contribution in [3.8, 4) is 17.2 Å². The highest BCUT2D eigenvalue weighted by molar-refractivity contribution is 7.88. The van der Waals surface area contributed by atoms with Crippen molar-refractivity contribution in [2.45, 2.75) is 88.2 Å². The lowest BCUT2D eigenvalue weighted by Gasteiger charge is -2.28. The van der Waals surface area contributed by atoms with Crippen molar-refractivity contribution in [1.82, 2.24) is 0 Å². The molecule has 0 fully saturated rings. The van der Waals surface area contributed by atoms with Gasteiger partial charge in [-0.15, -0.1) is 0 Å². The molecule has 0 aromatic heterocycles. The second-order valence-electron chi connectivity index (χ2n) is 18.7. The lowest BCUT2D eigenvalue weighted by atomic mass is 9.91. The predicted octanol–water partition coefficient (Wildman–Crippen LogP) is 6.35. The molecule has 21 heteroatoms. The number of rotatable bonds is 17. The number of benzene rings is 5. The summed E-state index contributed by atoms with van der Waals surface area (Å²) in [4.78, 5) is 45.6. The quantitative estimate of drug-likeness (QED) is 0.0762. The van der Waals surface area contributed by atoms with E-state index in [2.05, 4.69) is 5.32 Å². The fourth-order valence-corrected chi connectivity index (χ4v) is 13.9. The number of anilines is 3. The number of fused-ring (bicyclic) bond motifs is 8. The average molecular weight is 1060 g/mol. The molecule has 4 aliphatic rings. The Labute approximate surface area is 424 Å². The Kier molecular flexibility index (Phi) is 14.2. The van der Waals surface area contributed by atoms with Crippen LogP contribution in [0.5, 0.6) is 17.2 Å². The highest BCUT2D eigenvalue weighted by atomic mass is 32.2. The molecule has 18 nitrogen and oxygen atoms in total. The minimum Gasteiger partial charge on any atom is -0.493 e. The average Bonchev–Trinajstić information content (AvgIpc) is 3.88. The number of carbonyl (C=O) groups is 3. The van der Waals surface area contributed by atoms with Crippen molar-refractivity contribution >= 4 is 65.1 Å². The number of aryl methyl sites for hydroxylation is 1. The van der Waals surface area contributed by atoms with Gasteiger partial charge < -0.3 is 29.3 Å². The van der Waals surface area contributed by atoms with Crippen LogP contribution in [0.15, 0.2) is 91.0 Å². The summed E-state index contributed by atoms with van der Waals surface area (Å²) in [6.07, 6.45) is 1.13. The van der Waals surface area contributed by atoms with Crippen LogP contribution in [0.25, 0.3) is 0 Å². The van der Waals surface area contributed by atoms with E-state index in [0.717, 1.165) is 25.3 Å². The molecule has 5 aromatic rings. The first-order valence-electron chi connectivity index (χ1n) is 23.6. The highest BCUT2D eigenvalue weighted by Gasteiger charge is 2.48. The lowest BCUT2D eigenvalue weighted by Crippen LogP contribution is -2.47. The SMILES string of the molecule is CCCC(C(=O)Nc1cc(COc2cc3c(cc2C)C(=O)N2c4ccccc4C[C@H]2C(S(=O)(=O)OC)C3)cc(COc2cc3c(cc2OC)C(=O)N2c4ccccc4C[C@H]2C(CS(=O)(=O)O)C3)c1)S(=O)(=O)OC. The molecule has 0 bridgehead atoms. The van der Waals surface area contributed by atoms with Crippen LogP contribution in [0.3, 0.4) is 0 Å². The number of para-hydroxylation sites is 2. The van der Waals surface area contributed by atoms with E-state index in [4.69, 9.17) is 22.6 Å². The van der Waals surface area contributed by atoms with Gasteiger partial charge in [0.2, 0.25) is 5.91 Å². The molecule has 4 heterocycles. The molecule has 0 saturated carbocycles. The second kappa shape index (κ2) is 20.2. The summed E-state index contributed by atoms with van der Waals surface area (Å²) in [5.41, 5.74) is 6.32. The molecule has 3 unspecified atom stereocenters. The van der Waals surface area contributed by atoms with E-state index in [9.17, 15) is 44.2 Å². The minimum absolute atomic E-state index is 0.0187. The number of carbonyl (C=O) groups excluding carboxylic acids is 3. The number of amides is 3. The van der Waals surface area contributed by atoms with Gasteiger partial charge in [0.1, 0.15) is 24.2 Å². The second-order valence-corrected chi connectivity index (χ2v) is 24.1. The van der Waals surface area contributed by atoms with E-state index >= 15 is 0 Å². The number of nitrogens with one attached hydrogen (secondary N) is 1. The van der Waals surface area contributed by atoms with Crippen LogP contribution < -0.4 is 29.3 Å². The van der Waals surface area contributed by atoms with E-state index in [1.54, 1.807) is 90.4 Å². The molecular weight excluding hydrogens is 1000 g/mol. The van der Waals surface area contributed by atoms with Crippen LogP contribution in [-0.2, 0) is 82.4 Å². The number of methoxy groups -OCH3 is 1. The van der Waals surface area contributed by atoms with Gasteiger partial charge in [-0.05, 0) is 133 Å². The molecule has 0 spiro atoms. The maximum absolute atomic E-state index is 14.4. The molecule has 0 aliphatic carbocycles. The van der Waals surface area contributed by atoms with Crippen LogP contribution >= 0.6 is 0 Å². The number of hydrogen-bond donors (Lipinski definition) is 2. The fourth-order valence-electron chi connectivity index (χ4n) is 10.7. The zero-order valence-electron chi connectivity index (χ0n) is 40.7. The summed E-state index contributed by atoms with van der Waals surface area (Å²) in [6, 6.07) is 24.9. The molecule has 2 N–H and O–H groups in total. The molecule has 0 saturated heterocycles. The van der Waals surface area contributed by atoms with Gasteiger partial charge in [-0.2, -0.15) is 25.3 Å². The Morgan fingerprint density at radius 2 is 1.25 bits per heavy atom. The summed E-state index contributed by atoms with van der Waals surface area (Å²) in [5.74, 6) is -2.05. The van der Waals surface area contributed by atoms with Crippen LogP contribution in [0.2, 0.25) is 0 Å². The molecule has 4 aliphatic heterocycles. The van der Waals surface area contributed by atoms with Gasteiger partial charge >= 0.3 is 0 Å². The normalized spacial score (nSPS) is 19.6. The van der Waals surface area contributed by atoms with Crippen molar-refractivity contribution < 1.29 is 66.8 Å². The Hall–Kier alpha value is -6.36. The third kappa shape index (κ3) is 10.2. The summed E-state index contributed by atoms with van der Waals surface area (Å²) in [6.45, 7) is 3.21. The van der Waals surface area contributed by atoms with E-state index in [0.29, 0.717) is 69.8 Å². The van der Waals surface area contributed by atoms with E-state index < -0.39 is 70.5 Å². The molecule has 0 radical (unpaired) electrons. The lowest BCUT2D eigenvalue weighted by molar-refractivity contribution is -0.116. The Morgan fingerprint density at radius 1 is 0.685 bits per heavy atom. The molecular formula is C52H55N3O15S3. The molecule has 5 aromatic carbocycles. The van der Waals surface area contributed by atoms with Crippen LogP contribution in [0.4, 0.5) is 17.1 Å². The minimum atomic E-state index is -4.46. The van der Waals surface area contributed by atoms with Crippen molar-refractivity contribution in [2.24, 2.45) is 5.92 Å². The van der Waals surface area contributed by atoms with Gasteiger partial charge in [0.25, 0.3) is 42.2 Å². The van der Waals surface area contributed by atoms with Crippen molar-refractivity contribution in [2.75, 3.05) is 42.2 Å². The summed E-state index contributed by atoms with van der Waals surface area (Å²) >= 11 is 0. The van der Waals surface area contributed by atoms with Gasteiger partial charge in [-0.1, -0.05) is 49.7 Å². The van der Waals surface area contributed by atoms with Crippen LogP contribution in [-0.4, -0.2) is 97.2 Å². The van der Waals surface area contributed by atoms with E-state index in [-0.39, 0.29) is 67.0 Å². The monoisotopic (exact) mass is 1060 g/mol. The van der Waals surface area contributed by atoms with Crippen molar-refractivity contribution in [3.05, 3.63) is 141 Å². The number of ether oxygens (including phenoxy) is 3. The zero-order valence-corrected chi connectivity index (χ0v) is 43.1. The van der Waals surface area contributed by atoms with Crippen molar-refractivity contribution in [3.63, 3.8) is 0 Å². The summed E-state index contributed by atoms with van der Waals surface area (Å²) in [5, 5.41) is 0.104. The standard InChI is InChI=1S/C52H55N3O15S3/c1-6-11-48(72(62,63)67-4)50(56)53-38-18-31(27-69-45-23-36-25-49(73(64,65)68-5)44-22-34-13-8-10-15-42(34)55(44)51(57)39(36)16-30(45)2)17-32(19-38)28-70-47-24-35-20-37(29-71(59,60)61)43-21-33-12-7-9-14-41(33)54(43)52(58)40(35)26-46(47)66-3/h7-10,12-19,23-24,26,37,43-44,48-49H,6,11,20-22,25,27-29H2,1-5H3,(H,53,56)(H,59,60,61)/t37?,43-,44-,48?,49?/m0/s1. The topological polar surface area (TPSA) is 239 Å². The van der Waals surface area contributed by atoms with Crippen LogP contribution in [0.1, 0.15) is 79.4 Å². The Bertz CT molecular complexity index is 3380. The van der Waals surface area contributed by atoms with E-state index in [1.165, 1.54) is 7.11 Å². The first kappa shape index (κ1) is 51.5. The number of nitrogens with zero attached hydrogens (tertiary/aromatic N) is 2. The highest BCUT2D eigenvalue weighted by Crippen LogP contribution is 2.44. The van der Waals surface area contributed by atoms with Gasteiger partial charge in [-0.25, -0.2) is 0 Å². The maximum Gasteiger partial charge on any atom is 0.279 e. The van der Waals surface area contributed by atoms with Crippen molar-refractivity contribution in [1.29, 1.82) is 0 Å². The van der Waals surface area contributed by atoms with Crippen LogP contribution in [0, 0.1) is 12.8 Å². The first-order valence-corrected chi connectivity index (χ1v) is 28.2. The van der Waals surface area contributed by atoms with Gasteiger partial charge in [-0.3, -0.25) is 27.3 Å². The number of hydrogen-bond acceptors (Lipinski definition) is 14. The predicted molar refractivity (Wildman–Crippen MR) is 271 cm³/mol. The molecule has 9 rings (SSSR count). The zero-order chi connectivity index (χ0) is 52.1.